The molecule has 3 aliphatic heterocycles. The molecule has 0 saturated carbocycles. The van der Waals surface area contributed by atoms with Crippen LogP contribution in [0.2, 0.25) is 0 Å². The van der Waals surface area contributed by atoms with Crippen LogP contribution in [0.5, 0.6) is 0 Å². The molecule has 0 N–H and O–H groups in total. The van der Waals surface area contributed by atoms with E-state index in [0.717, 1.165) is 11.1 Å². The molecule has 3 fully saturated rings. The van der Waals surface area contributed by atoms with Gasteiger partial charge in [0.2, 0.25) is 11.8 Å². The number of likely N-dealkylation sites (tertiary alicyclic amines) is 1. The van der Waals surface area contributed by atoms with E-state index < -0.39 is 17.4 Å². The van der Waals surface area contributed by atoms with Gasteiger partial charge in [0, 0.05) is 24.8 Å². The third-order valence-corrected chi connectivity index (χ3v) is 7.14. The quantitative estimate of drug-likeness (QED) is 0.593. The van der Waals surface area contributed by atoms with E-state index in [1.54, 1.807) is 7.05 Å². The third kappa shape index (κ3) is 1.64. The van der Waals surface area contributed by atoms with Crippen LogP contribution in [-0.4, -0.2) is 48.5 Å². The second kappa shape index (κ2) is 4.94. The molecule has 7 atom stereocenters. The summed E-state index contributed by atoms with van der Waals surface area (Å²) in [5.74, 6) is -1.46. The zero-order chi connectivity index (χ0) is 18.4. The highest BCUT2D eigenvalue weighted by atomic mass is 16.5. The van der Waals surface area contributed by atoms with E-state index in [1.807, 2.05) is 19.1 Å². The van der Waals surface area contributed by atoms with Crippen molar-refractivity contribution in [1.82, 2.24) is 4.90 Å². The SMILES string of the molecule is COC(=O)C[C@@H]1c2ccccc2[C@H]2[C@H]3O[C@@](C)([C@H]21)[C@@H]1C(=O)N(C)C(=O)[C@H]31. The van der Waals surface area contributed by atoms with Crippen molar-refractivity contribution in [3.8, 4) is 0 Å². The van der Waals surface area contributed by atoms with E-state index in [-0.39, 0.29) is 48.1 Å². The van der Waals surface area contributed by atoms with Gasteiger partial charge in [-0.25, -0.2) is 0 Å². The lowest BCUT2D eigenvalue weighted by Gasteiger charge is -2.38. The van der Waals surface area contributed by atoms with Crippen molar-refractivity contribution in [2.24, 2.45) is 17.8 Å². The molecule has 1 aromatic rings. The Bertz CT molecular complexity index is 850. The first-order valence-electron chi connectivity index (χ1n) is 9.05. The van der Waals surface area contributed by atoms with Crippen LogP contribution < -0.4 is 0 Å². The summed E-state index contributed by atoms with van der Waals surface area (Å²) in [6.07, 6.45) is -0.0457. The van der Waals surface area contributed by atoms with Gasteiger partial charge in [-0.05, 0) is 18.1 Å². The molecule has 1 aliphatic carbocycles. The number of fused-ring (bicyclic) bond motifs is 10. The molecule has 2 bridgehead atoms. The highest BCUT2D eigenvalue weighted by Crippen LogP contribution is 2.69. The molecular weight excluding hydrogens is 334 g/mol. The summed E-state index contributed by atoms with van der Waals surface area (Å²) in [7, 11) is 2.95. The van der Waals surface area contributed by atoms with Crippen LogP contribution in [0.3, 0.4) is 0 Å². The number of hydrogen-bond acceptors (Lipinski definition) is 5. The Morgan fingerprint density at radius 2 is 1.88 bits per heavy atom. The van der Waals surface area contributed by atoms with Gasteiger partial charge in [-0.15, -0.1) is 0 Å². The van der Waals surface area contributed by atoms with E-state index in [9.17, 15) is 14.4 Å². The molecular formula is C20H21NO5. The van der Waals surface area contributed by atoms with E-state index >= 15 is 0 Å². The van der Waals surface area contributed by atoms with Crippen LogP contribution >= 0.6 is 0 Å². The number of hydrogen-bond donors (Lipinski definition) is 0. The van der Waals surface area contributed by atoms with Crippen molar-refractivity contribution in [3.05, 3.63) is 35.4 Å². The van der Waals surface area contributed by atoms with E-state index in [0.29, 0.717) is 0 Å². The lowest BCUT2D eigenvalue weighted by atomic mass is 9.61. The predicted octanol–water partition coefficient (Wildman–Crippen LogP) is 1.45. The smallest absolute Gasteiger partial charge is 0.306 e. The molecule has 2 amide bonds. The number of amides is 2. The van der Waals surface area contributed by atoms with E-state index in [4.69, 9.17) is 9.47 Å². The number of rotatable bonds is 2. The lowest BCUT2D eigenvalue weighted by Crippen LogP contribution is -2.47. The minimum atomic E-state index is -0.741. The van der Waals surface area contributed by atoms with Crippen LogP contribution in [0, 0.1) is 17.8 Å². The molecule has 0 radical (unpaired) electrons. The van der Waals surface area contributed by atoms with Gasteiger partial charge in [-0.3, -0.25) is 19.3 Å². The van der Waals surface area contributed by atoms with E-state index in [1.165, 1.54) is 12.0 Å². The van der Waals surface area contributed by atoms with Gasteiger partial charge in [-0.1, -0.05) is 24.3 Å². The summed E-state index contributed by atoms with van der Waals surface area (Å²) < 4.78 is 11.3. The van der Waals surface area contributed by atoms with Crippen LogP contribution in [-0.2, 0) is 23.9 Å². The number of nitrogens with zero attached hydrogens (tertiary/aromatic N) is 1. The van der Waals surface area contributed by atoms with Gasteiger partial charge in [0.1, 0.15) is 0 Å². The summed E-state index contributed by atoms with van der Waals surface area (Å²) in [4.78, 5) is 38.8. The first-order valence-corrected chi connectivity index (χ1v) is 9.05. The normalized spacial score (nSPS) is 42.0. The van der Waals surface area contributed by atoms with Crippen LogP contribution in [0.1, 0.15) is 36.3 Å². The first-order chi connectivity index (χ1) is 12.4. The minimum Gasteiger partial charge on any atom is -0.469 e. The summed E-state index contributed by atoms with van der Waals surface area (Å²) >= 11 is 0. The van der Waals surface area contributed by atoms with Crippen molar-refractivity contribution in [1.29, 1.82) is 0 Å². The standard InChI is InChI=1S/C20H21NO5/c1-20-15-11(8-12(22)25-3)9-6-4-5-7-10(9)13(15)17(26-20)14-16(20)19(24)21(2)18(14)23/h4-7,11,13-17H,8H2,1-3H3/t11-,13-,14+,15+,16+,17-,20+/m1/s1. The van der Waals surface area contributed by atoms with Gasteiger partial charge >= 0.3 is 5.97 Å². The average Bonchev–Trinajstić information content (AvgIpc) is 3.29. The number of esters is 1. The van der Waals surface area contributed by atoms with Gasteiger partial charge in [0.25, 0.3) is 0 Å². The van der Waals surface area contributed by atoms with Crippen molar-refractivity contribution >= 4 is 17.8 Å². The molecule has 4 aliphatic rings. The zero-order valence-corrected chi connectivity index (χ0v) is 15.0. The number of benzene rings is 1. The molecule has 0 spiro atoms. The highest BCUT2D eigenvalue weighted by molar-refractivity contribution is 6.06. The Balaban J connectivity index is 1.65. The fourth-order valence-electron chi connectivity index (χ4n) is 6.22. The maximum absolute atomic E-state index is 12.8. The molecule has 5 rings (SSSR count). The summed E-state index contributed by atoms with van der Waals surface area (Å²) in [5, 5.41) is 0. The Morgan fingerprint density at radius 3 is 2.58 bits per heavy atom. The van der Waals surface area contributed by atoms with Crippen LogP contribution in [0.25, 0.3) is 0 Å². The highest BCUT2D eigenvalue weighted by Gasteiger charge is 2.76. The molecule has 3 heterocycles. The average molecular weight is 355 g/mol. The maximum atomic E-state index is 12.8. The largest absolute Gasteiger partial charge is 0.469 e. The fraction of sp³-hybridized carbons (Fsp3) is 0.550. The van der Waals surface area contributed by atoms with Crippen molar-refractivity contribution < 1.29 is 23.9 Å². The number of ether oxygens (including phenoxy) is 2. The molecule has 6 nitrogen and oxygen atoms in total. The molecule has 6 heteroatoms. The lowest BCUT2D eigenvalue weighted by molar-refractivity contribution is -0.143. The molecule has 0 aromatic heterocycles. The van der Waals surface area contributed by atoms with Gasteiger partial charge in [0.15, 0.2) is 0 Å². The van der Waals surface area contributed by atoms with Crippen molar-refractivity contribution in [2.45, 2.75) is 36.9 Å². The van der Waals surface area contributed by atoms with Gasteiger partial charge < -0.3 is 9.47 Å². The number of carbonyl (C=O) groups is 3. The predicted molar refractivity (Wildman–Crippen MR) is 90.1 cm³/mol. The summed E-state index contributed by atoms with van der Waals surface area (Å²) in [6, 6.07) is 8.07. The second-order valence-electron chi connectivity index (χ2n) is 8.07. The van der Waals surface area contributed by atoms with Gasteiger partial charge in [0.05, 0.1) is 37.1 Å². The van der Waals surface area contributed by atoms with Crippen molar-refractivity contribution in [2.75, 3.05) is 14.2 Å². The molecule has 26 heavy (non-hydrogen) atoms. The first kappa shape index (κ1) is 16.0. The Labute approximate surface area is 151 Å². The minimum absolute atomic E-state index is 0.00602. The van der Waals surface area contributed by atoms with Crippen LogP contribution in [0.15, 0.2) is 24.3 Å². The zero-order valence-electron chi connectivity index (χ0n) is 15.0. The van der Waals surface area contributed by atoms with Gasteiger partial charge in [-0.2, -0.15) is 0 Å². The van der Waals surface area contributed by atoms with Crippen LogP contribution in [0.4, 0.5) is 0 Å². The Morgan fingerprint density at radius 1 is 1.19 bits per heavy atom. The Hall–Kier alpha value is -2.21. The number of imide groups is 1. The molecule has 0 unspecified atom stereocenters. The second-order valence-corrected chi connectivity index (χ2v) is 8.07. The molecule has 136 valence electrons. The molecule has 1 aromatic carbocycles. The third-order valence-electron chi connectivity index (χ3n) is 7.14. The topological polar surface area (TPSA) is 72.9 Å². The Kier molecular flexibility index (Phi) is 3.04. The van der Waals surface area contributed by atoms with Crippen molar-refractivity contribution in [3.63, 3.8) is 0 Å². The summed E-state index contributed by atoms with van der Waals surface area (Å²) in [6.45, 7) is 1.95. The summed E-state index contributed by atoms with van der Waals surface area (Å²) in [5.41, 5.74) is 1.53. The number of methoxy groups -OCH3 is 1. The van der Waals surface area contributed by atoms with E-state index in [2.05, 4.69) is 12.1 Å². The monoisotopic (exact) mass is 355 g/mol. The number of carbonyl (C=O) groups excluding carboxylic acids is 3. The fourth-order valence-corrected chi connectivity index (χ4v) is 6.22. The molecule has 3 saturated heterocycles. The maximum Gasteiger partial charge on any atom is 0.306 e.